The summed E-state index contributed by atoms with van der Waals surface area (Å²) in [4.78, 5) is 23.8. The number of anilines is 1. The fourth-order valence-corrected chi connectivity index (χ4v) is 4.58. The number of para-hydroxylation sites is 1. The molecule has 0 aliphatic carbocycles. The first kappa shape index (κ1) is 16.9. The number of hydrogen-bond acceptors (Lipinski definition) is 5. The van der Waals surface area contributed by atoms with E-state index < -0.39 is 0 Å². The monoisotopic (exact) mass is 357 g/mol. The lowest BCUT2D eigenvalue weighted by molar-refractivity contribution is -0.115. The Bertz CT molecular complexity index is 890. The normalized spacial score (nSPS) is 12.3. The molecule has 3 rings (SSSR count). The Labute approximate surface area is 149 Å². The van der Waals surface area contributed by atoms with Gasteiger partial charge in [-0.3, -0.25) is 4.79 Å². The zero-order valence-corrected chi connectivity index (χ0v) is 15.7. The van der Waals surface area contributed by atoms with Crippen LogP contribution in [-0.4, -0.2) is 21.1 Å². The van der Waals surface area contributed by atoms with E-state index >= 15 is 0 Å². The van der Waals surface area contributed by atoms with Gasteiger partial charge in [-0.2, -0.15) is 0 Å². The third kappa shape index (κ3) is 3.44. The summed E-state index contributed by atoms with van der Waals surface area (Å²) < 4.78 is 0. The number of amides is 1. The Morgan fingerprint density at radius 2 is 1.88 bits per heavy atom. The van der Waals surface area contributed by atoms with E-state index in [-0.39, 0.29) is 11.2 Å². The van der Waals surface area contributed by atoms with E-state index in [0.717, 1.165) is 26.8 Å². The quantitative estimate of drug-likeness (QED) is 0.541. The zero-order chi connectivity index (χ0) is 17.3. The third-order valence-electron chi connectivity index (χ3n) is 3.81. The fourth-order valence-electron chi connectivity index (χ4n) is 2.39. The van der Waals surface area contributed by atoms with E-state index in [9.17, 15) is 4.79 Å². The predicted octanol–water partition coefficient (Wildman–Crippen LogP) is 4.74. The molecule has 0 saturated heterocycles. The van der Waals surface area contributed by atoms with Gasteiger partial charge >= 0.3 is 0 Å². The Morgan fingerprint density at radius 1 is 1.17 bits per heavy atom. The highest BCUT2D eigenvalue weighted by molar-refractivity contribution is 8.00. The highest BCUT2D eigenvalue weighted by atomic mass is 32.2. The summed E-state index contributed by atoms with van der Waals surface area (Å²) in [6, 6.07) is 9.50. The molecule has 1 aromatic carbocycles. The number of rotatable bonds is 4. The molecule has 6 heteroatoms. The van der Waals surface area contributed by atoms with Crippen molar-refractivity contribution >= 4 is 44.9 Å². The summed E-state index contributed by atoms with van der Waals surface area (Å²) in [5, 5.41) is 4.66. The summed E-state index contributed by atoms with van der Waals surface area (Å²) in [6.45, 7) is 7.98. The van der Waals surface area contributed by atoms with Crippen LogP contribution in [0.5, 0.6) is 0 Å². The Hall–Kier alpha value is -1.92. The van der Waals surface area contributed by atoms with Crippen molar-refractivity contribution in [2.24, 2.45) is 0 Å². The van der Waals surface area contributed by atoms with Crippen LogP contribution in [0.4, 0.5) is 5.69 Å². The molecule has 0 fully saturated rings. The molecule has 1 unspecified atom stereocenters. The maximum absolute atomic E-state index is 12.5. The van der Waals surface area contributed by atoms with Crippen LogP contribution in [0.15, 0.2) is 35.4 Å². The minimum Gasteiger partial charge on any atom is -0.325 e. The zero-order valence-electron chi connectivity index (χ0n) is 14.1. The number of fused-ring (bicyclic) bond motifs is 1. The Kier molecular flexibility index (Phi) is 4.87. The van der Waals surface area contributed by atoms with E-state index in [1.54, 1.807) is 11.3 Å². The van der Waals surface area contributed by atoms with E-state index in [1.807, 2.05) is 44.2 Å². The largest absolute Gasteiger partial charge is 0.325 e. The highest BCUT2D eigenvalue weighted by Gasteiger charge is 2.20. The van der Waals surface area contributed by atoms with Crippen molar-refractivity contribution in [3.8, 4) is 0 Å². The van der Waals surface area contributed by atoms with Crippen LogP contribution in [0.25, 0.3) is 10.2 Å². The predicted molar refractivity (Wildman–Crippen MR) is 102 cm³/mol. The van der Waals surface area contributed by atoms with Crippen LogP contribution >= 0.6 is 23.1 Å². The number of benzene rings is 1. The van der Waals surface area contributed by atoms with Crippen molar-refractivity contribution in [1.29, 1.82) is 0 Å². The first-order valence-corrected chi connectivity index (χ1v) is 9.42. The van der Waals surface area contributed by atoms with Crippen LogP contribution in [-0.2, 0) is 4.79 Å². The molecule has 0 radical (unpaired) electrons. The number of hydrogen-bond donors (Lipinski definition) is 1. The molecule has 124 valence electrons. The highest BCUT2D eigenvalue weighted by Crippen LogP contribution is 2.36. The molecule has 0 aliphatic rings. The molecule has 0 aliphatic heterocycles. The standard InChI is InChI=1S/C18H19N3OS2/c1-10-11(2)23-17-15(10)18(20-13(4)19-17)24-12(3)16(22)21-14-8-6-5-7-9-14/h5-9,12H,1-4H3,(H,21,22). The molecular weight excluding hydrogens is 338 g/mol. The number of carbonyl (C=O) groups excluding carboxylic acids is 1. The van der Waals surface area contributed by atoms with Gasteiger partial charge < -0.3 is 5.32 Å². The van der Waals surface area contributed by atoms with E-state index in [4.69, 9.17) is 0 Å². The van der Waals surface area contributed by atoms with E-state index in [2.05, 4.69) is 29.1 Å². The molecule has 1 atom stereocenters. The minimum absolute atomic E-state index is 0.0276. The number of thiophene rings is 1. The minimum atomic E-state index is -0.248. The van der Waals surface area contributed by atoms with Gasteiger partial charge in [-0.05, 0) is 45.4 Å². The molecule has 0 saturated carbocycles. The van der Waals surface area contributed by atoms with Crippen LogP contribution in [0.3, 0.4) is 0 Å². The number of aromatic nitrogens is 2. The topological polar surface area (TPSA) is 54.9 Å². The molecule has 1 N–H and O–H groups in total. The summed E-state index contributed by atoms with van der Waals surface area (Å²) in [6.07, 6.45) is 0. The average Bonchev–Trinajstić information content (AvgIpc) is 2.82. The molecule has 3 aromatic rings. The second kappa shape index (κ2) is 6.91. The van der Waals surface area contributed by atoms with Gasteiger partial charge in [0.15, 0.2) is 0 Å². The number of carbonyl (C=O) groups is 1. The summed E-state index contributed by atoms with van der Waals surface area (Å²) >= 11 is 3.17. The van der Waals surface area contributed by atoms with E-state index in [1.165, 1.54) is 22.2 Å². The van der Waals surface area contributed by atoms with Gasteiger partial charge in [0, 0.05) is 16.0 Å². The van der Waals surface area contributed by atoms with Crippen LogP contribution in [0.1, 0.15) is 23.2 Å². The number of nitrogens with zero attached hydrogens (tertiary/aromatic N) is 2. The number of thioether (sulfide) groups is 1. The molecular formula is C18H19N3OS2. The van der Waals surface area contributed by atoms with Gasteiger partial charge in [-0.1, -0.05) is 30.0 Å². The van der Waals surface area contributed by atoms with Crippen molar-refractivity contribution < 1.29 is 4.79 Å². The second-order valence-corrected chi connectivity index (χ2v) is 8.19. The number of nitrogens with one attached hydrogen (secondary N) is 1. The Balaban J connectivity index is 1.85. The van der Waals surface area contributed by atoms with Gasteiger partial charge in [0.1, 0.15) is 15.7 Å². The first-order valence-electron chi connectivity index (χ1n) is 7.72. The summed E-state index contributed by atoms with van der Waals surface area (Å²) in [7, 11) is 0. The lowest BCUT2D eigenvalue weighted by Gasteiger charge is -2.12. The third-order valence-corrected chi connectivity index (χ3v) is 5.99. The van der Waals surface area contributed by atoms with Crippen LogP contribution in [0, 0.1) is 20.8 Å². The maximum atomic E-state index is 12.5. The fraction of sp³-hybridized carbons (Fsp3) is 0.278. The van der Waals surface area contributed by atoms with Crippen molar-refractivity contribution in [3.63, 3.8) is 0 Å². The molecule has 1 amide bonds. The number of aryl methyl sites for hydroxylation is 3. The molecule has 0 bridgehead atoms. The van der Waals surface area contributed by atoms with Gasteiger partial charge in [0.2, 0.25) is 5.91 Å². The summed E-state index contributed by atoms with van der Waals surface area (Å²) in [5.41, 5.74) is 2.01. The maximum Gasteiger partial charge on any atom is 0.237 e. The summed E-state index contributed by atoms with van der Waals surface area (Å²) in [5.74, 6) is 0.710. The first-order chi connectivity index (χ1) is 11.5. The average molecular weight is 358 g/mol. The molecule has 24 heavy (non-hydrogen) atoms. The lowest BCUT2D eigenvalue weighted by Crippen LogP contribution is -2.22. The molecule has 2 aromatic heterocycles. The van der Waals surface area contributed by atoms with Crippen molar-refractivity contribution in [2.75, 3.05) is 5.32 Å². The van der Waals surface area contributed by atoms with Crippen LogP contribution < -0.4 is 5.32 Å². The van der Waals surface area contributed by atoms with Crippen molar-refractivity contribution in [2.45, 2.75) is 38.0 Å². The van der Waals surface area contributed by atoms with Crippen molar-refractivity contribution in [1.82, 2.24) is 9.97 Å². The molecule has 4 nitrogen and oxygen atoms in total. The Morgan fingerprint density at radius 3 is 2.58 bits per heavy atom. The van der Waals surface area contributed by atoms with Crippen molar-refractivity contribution in [3.05, 3.63) is 46.6 Å². The van der Waals surface area contributed by atoms with Gasteiger partial charge in [0.25, 0.3) is 0 Å². The van der Waals surface area contributed by atoms with E-state index in [0.29, 0.717) is 0 Å². The SMILES string of the molecule is Cc1nc(SC(C)C(=O)Nc2ccccc2)c2c(C)c(C)sc2n1. The smallest absolute Gasteiger partial charge is 0.237 e. The van der Waals surface area contributed by atoms with Gasteiger partial charge in [-0.15, -0.1) is 11.3 Å². The van der Waals surface area contributed by atoms with Gasteiger partial charge in [-0.25, -0.2) is 9.97 Å². The van der Waals surface area contributed by atoms with Crippen LogP contribution in [0.2, 0.25) is 0 Å². The molecule has 0 spiro atoms. The second-order valence-electron chi connectivity index (χ2n) is 5.65. The molecule has 2 heterocycles. The van der Waals surface area contributed by atoms with Gasteiger partial charge in [0.05, 0.1) is 5.25 Å². The lowest BCUT2D eigenvalue weighted by atomic mass is 10.2.